The Morgan fingerprint density at radius 1 is 1.00 bits per heavy atom. The van der Waals surface area contributed by atoms with Crippen molar-refractivity contribution >= 4 is 12.1 Å². The number of amides is 1. The van der Waals surface area contributed by atoms with Crippen LogP contribution in [0.2, 0.25) is 0 Å². The first kappa shape index (κ1) is 19.1. The summed E-state index contributed by atoms with van der Waals surface area (Å²) >= 11 is 0. The van der Waals surface area contributed by atoms with Crippen LogP contribution in [-0.4, -0.2) is 29.4 Å². The van der Waals surface area contributed by atoms with Gasteiger partial charge < -0.3 is 14.9 Å². The van der Waals surface area contributed by atoms with Crippen LogP contribution in [0.5, 0.6) is 11.5 Å². The van der Waals surface area contributed by atoms with Crippen molar-refractivity contribution in [3.05, 3.63) is 95.6 Å². The number of nitrogens with one attached hydrogen (secondary N) is 1. The van der Waals surface area contributed by atoms with Gasteiger partial charge in [-0.2, -0.15) is 5.10 Å². The molecule has 0 aliphatic carbocycles. The van der Waals surface area contributed by atoms with Gasteiger partial charge in [-0.05, 0) is 29.3 Å². The van der Waals surface area contributed by atoms with Crippen LogP contribution in [0.3, 0.4) is 0 Å². The van der Waals surface area contributed by atoms with E-state index in [1.807, 2.05) is 0 Å². The second kappa shape index (κ2) is 8.37. The lowest BCUT2D eigenvalue weighted by molar-refractivity contribution is -0.136. The second-order valence-corrected chi connectivity index (χ2v) is 6.07. The summed E-state index contributed by atoms with van der Waals surface area (Å²) in [6.45, 7) is 0. The minimum absolute atomic E-state index is 0.0137. The highest BCUT2D eigenvalue weighted by Gasteiger charge is 2.39. The number of benzene rings is 3. The van der Waals surface area contributed by atoms with Crippen LogP contribution in [-0.2, 0) is 10.4 Å². The summed E-state index contributed by atoms with van der Waals surface area (Å²) in [5.41, 5.74) is 1.64. The van der Waals surface area contributed by atoms with E-state index in [4.69, 9.17) is 4.74 Å². The lowest BCUT2D eigenvalue weighted by Crippen LogP contribution is -2.43. The Hall–Kier alpha value is -3.64. The van der Waals surface area contributed by atoms with Crippen molar-refractivity contribution < 1.29 is 19.7 Å². The molecule has 3 aromatic carbocycles. The highest BCUT2D eigenvalue weighted by molar-refractivity contribution is 5.91. The summed E-state index contributed by atoms with van der Waals surface area (Å²) in [5, 5.41) is 25.1. The molecule has 6 heteroatoms. The number of aliphatic hydroxyl groups is 1. The average Bonchev–Trinajstić information content (AvgIpc) is 2.75. The van der Waals surface area contributed by atoms with Crippen molar-refractivity contribution in [2.24, 2.45) is 5.10 Å². The number of nitrogens with zero attached hydrogens (tertiary/aromatic N) is 1. The third-order valence-corrected chi connectivity index (χ3v) is 4.32. The van der Waals surface area contributed by atoms with Gasteiger partial charge in [0.25, 0.3) is 5.91 Å². The molecule has 3 N–H and O–H groups in total. The van der Waals surface area contributed by atoms with E-state index in [1.165, 1.54) is 19.4 Å². The van der Waals surface area contributed by atoms with Gasteiger partial charge in [0.15, 0.2) is 5.60 Å². The van der Waals surface area contributed by atoms with E-state index in [-0.39, 0.29) is 5.75 Å². The maximum atomic E-state index is 12.9. The van der Waals surface area contributed by atoms with Crippen LogP contribution in [0.25, 0.3) is 0 Å². The minimum atomic E-state index is -1.92. The van der Waals surface area contributed by atoms with E-state index in [9.17, 15) is 15.0 Å². The molecule has 0 saturated carbocycles. The minimum Gasteiger partial charge on any atom is -0.507 e. The van der Waals surface area contributed by atoms with Crippen LogP contribution >= 0.6 is 0 Å². The summed E-state index contributed by atoms with van der Waals surface area (Å²) in [6.07, 6.45) is 1.28. The van der Waals surface area contributed by atoms with Crippen molar-refractivity contribution in [1.82, 2.24) is 5.43 Å². The lowest BCUT2D eigenvalue weighted by Gasteiger charge is -2.27. The molecule has 0 heterocycles. The van der Waals surface area contributed by atoms with Crippen LogP contribution in [0.15, 0.2) is 84.0 Å². The Morgan fingerprint density at radius 3 is 2.11 bits per heavy atom. The standard InChI is InChI=1S/C22H20N2O4/c1-28-19-12-13-20(25)16(14-19)15-23-24-21(26)22(27,17-8-4-2-5-9-17)18-10-6-3-7-11-18/h2-15,25,27H,1H3,(H,24,26)/b23-15+. The molecular weight excluding hydrogens is 356 g/mol. The third-order valence-electron chi connectivity index (χ3n) is 4.32. The Labute approximate surface area is 162 Å². The zero-order valence-electron chi connectivity index (χ0n) is 15.2. The van der Waals surface area contributed by atoms with Gasteiger partial charge in [0.1, 0.15) is 11.5 Å². The van der Waals surface area contributed by atoms with E-state index >= 15 is 0 Å². The SMILES string of the molecule is COc1ccc(O)c(/C=N/NC(=O)C(O)(c2ccccc2)c2ccccc2)c1. The zero-order valence-corrected chi connectivity index (χ0v) is 15.2. The molecule has 0 bridgehead atoms. The molecule has 28 heavy (non-hydrogen) atoms. The predicted molar refractivity (Wildman–Crippen MR) is 106 cm³/mol. The zero-order chi connectivity index (χ0) is 20.0. The van der Waals surface area contributed by atoms with Gasteiger partial charge in [-0.1, -0.05) is 60.7 Å². The highest BCUT2D eigenvalue weighted by atomic mass is 16.5. The van der Waals surface area contributed by atoms with E-state index in [0.717, 1.165) is 0 Å². The fraction of sp³-hybridized carbons (Fsp3) is 0.0909. The number of hydrogen-bond donors (Lipinski definition) is 3. The number of aromatic hydroxyl groups is 1. The first-order chi connectivity index (χ1) is 13.6. The molecule has 0 aliphatic rings. The summed E-state index contributed by atoms with van der Waals surface area (Å²) < 4.78 is 5.11. The molecular formula is C22H20N2O4. The van der Waals surface area contributed by atoms with Gasteiger partial charge in [-0.15, -0.1) is 0 Å². The number of hydrazone groups is 1. The smallest absolute Gasteiger partial charge is 0.281 e. The molecule has 0 radical (unpaired) electrons. The molecule has 0 unspecified atom stereocenters. The monoisotopic (exact) mass is 376 g/mol. The summed E-state index contributed by atoms with van der Waals surface area (Å²) in [7, 11) is 1.51. The van der Waals surface area contributed by atoms with E-state index < -0.39 is 11.5 Å². The molecule has 0 spiro atoms. The van der Waals surface area contributed by atoms with Crippen LogP contribution in [0.4, 0.5) is 0 Å². The normalized spacial score (nSPS) is 11.4. The predicted octanol–water partition coefficient (Wildman–Crippen LogP) is 2.79. The van der Waals surface area contributed by atoms with Gasteiger partial charge in [0.2, 0.25) is 0 Å². The van der Waals surface area contributed by atoms with Gasteiger partial charge in [0, 0.05) is 5.56 Å². The van der Waals surface area contributed by atoms with Crippen LogP contribution in [0, 0.1) is 0 Å². The molecule has 0 saturated heterocycles. The molecule has 142 valence electrons. The van der Waals surface area contributed by atoms with E-state index in [0.29, 0.717) is 22.4 Å². The topological polar surface area (TPSA) is 91.2 Å². The first-order valence-corrected chi connectivity index (χ1v) is 8.59. The maximum absolute atomic E-state index is 12.9. The number of ether oxygens (including phenoxy) is 1. The Kier molecular flexibility index (Phi) is 5.72. The average molecular weight is 376 g/mol. The van der Waals surface area contributed by atoms with Crippen molar-refractivity contribution in [3.8, 4) is 11.5 Å². The number of carbonyl (C=O) groups is 1. The quantitative estimate of drug-likeness (QED) is 0.456. The van der Waals surface area contributed by atoms with Crippen molar-refractivity contribution in [2.75, 3.05) is 7.11 Å². The Morgan fingerprint density at radius 2 is 1.57 bits per heavy atom. The molecule has 0 fully saturated rings. The molecule has 0 atom stereocenters. The number of phenolic OH excluding ortho intramolecular Hbond substituents is 1. The van der Waals surface area contributed by atoms with Gasteiger partial charge in [-0.25, -0.2) is 5.43 Å². The Bertz CT molecular complexity index is 933. The molecule has 6 nitrogen and oxygen atoms in total. The van der Waals surface area contributed by atoms with Gasteiger partial charge in [0.05, 0.1) is 13.3 Å². The molecule has 0 aliphatic heterocycles. The van der Waals surface area contributed by atoms with Crippen molar-refractivity contribution in [2.45, 2.75) is 5.60 Å². The molecule has 3 aromatic rings. The molecule has 3 rings (SSSR count). The van der Waals surface area contributed by atoms with Crippen molar-refractivity contribution in [1.29, 1.82) is 0 Å². The largest absolute Gasteiger partial charge is 0.507 e. The molecule has 0 aromatic heterocycles. The lowest BCUT2D eigenvalue weighted by atomic mass is 9.85. The van der Waals surface area contributed by atoms with E-state index in [1.54, 1.807) is 72.8 Å². The summed E-state index contributed by atoms with van der Waals surface area (Å²) in [5.74, 6) is -0.195. The molecule has 1 amide bonds. The highest BCUT2D eigenvalue weighted by Crippen LogP contribution is 2.30. The Balaban J connectivity index is 1.89. The number of rotatable bonds is 6. The summed E-state index contributed by atoms with van der Waals surface area (Å²) in [4.78, 5) is 12.9. The first-order valence-electron chi connectivity index (χ1n) is 8.59. The number of phenols is 1. The number of carbonyl (C=O) groups excluding carboxylic acids is 1. The fourth-order valence-electron chi connectivity index (χ4n) is 2.79. The maximum Gasteiger partial charge on any atom is 0.281 e. The third kappa shape index (κ3) is 3.87. The van der Waals surface area contributed by atoms with E-state index in [2.05, 4.69) is 10.5 Å². The summed E-state index contributed by atoms with van der Waals surface area (Å²) in [6, 6.07) is 21.9. The van der Waals surface area contributed by atoms with Gasteiger partial charge >= 0.3 is 0 Å². The van der Waals surface area contributed by atoms with Crippen LogP contribution < -0.4 is 10.2 Å². The second-order valence-electron chi connectivity index (χ2n) is 6.07. The number of methoxy groups -OCH3 is 1. The fourth-order valence-corrected chi connectivity index (χ4v) is 2.79. The van der Waals surface area contributed by atoms with Gasteiger partial charge in [-0.3, -0.25) is 4.79 Å². The van der Waals surface area contributed by atoms with Crippen LogP contribution in [0.1, 0.15) is 16.7 Å². The number of hydrogen-bond acceptors (Lipinski definition) is 5. The van der Waals surface area contributed by atoms with Crippen molar-refractivity contribution in [3.63, 3.8) is 0 Å².